The van der Waals surface area contributed by atoms with Gasteiger partial charge in [0.25, 0.3) is 0 Å². The fourth-order valence-electron chi connectivity index (χ4n) is 2.67. The molecule has 0 bridgehead atoms. The van der Waals surface area contributed by atoms with Gasteiger partial charge in [0.05, 0.1) is 17.1 Å². The molecule has 0 unspecified atom stereocenters. The van der Waals surface area contributed by atoms with Crippen LogP contribution in [0.4, 0.5) is 0 Å². The summed E-state index contributed by atoms with van der Waals surface area (Å²) >= 11 is 7.49. The Labute approximate surface area is 173 Å². The summed E-state index contributed by atoms with van der Waals surface area (Å²) < 4.78 is 7.30. The molecule has 1 aromatic carbocycles. The molecular weight excluding hydrogens is 396 g/mol. The molecule has 0 spiro atoms. The number of benzene rings is 1. The van der Waals surface area contributed by atoms with Gasteiger partial charge in [0.2, 0.25) is 5.91 Å². The average molecular weight is 417 g/mol. The van der Waals surface area contributed by atoms with E-state index in [-0.39, 0.29) is 11.2 Å². The SMILES string of the molecule is C=CCn1c(S[C@H](C)C(=O)NCc2ccccc2Cl)nnc1-c1ccoc1C. The summed E-state index contributed by atoms with van der Waals surface area (Å²) in [5.41, 5.74) is 1.75. The van der Waals surface area contributed by atoms with Crippen LogP contribution in [0.1, 0.15) is 18.2 Å². The molecule has 0 aliphatic rings. The van der Waals surface area contributed by atoms with Crippen LogP contribution in [0.5, 0.6) is 0 Å². The number of aryl methyl sites for hydroxylation is 1. The van der Waals surface area contributed by atoms with E-state index < -0.39 is 0 Å². The van der Waals surface area contributed by atoms with Crippen molar-refractivity contribution in [2.45, 2.75) is 37.3 Å². The molecule has 6 nitrogen and oxygen atoms in total. The van der Waals surface area contributed by atoms with Gasteiger partial charge >= 0.3 is 0 Å². The molecule has 2 heterocycles. The molecule has 1 atom stereocenters. The second-order valence-electron chi connectivity index (χ2n) is 6.17. The Bertz CT molecular complexity index is 982. The van der Waals surface area contributed by atoms with Crippen molar-refractivity contribution in [3.63, 3.8) is 0 Å². The highest BCUT2D eigenvalue weighted by atomic mass is 35.5. The van der Waals surface area contributed by atoms with Crippen molar-refractivity contribution < 1.29 is 9.21 Å². The predicted molar refractivity (Wildman–Crippen MR) is 111 cm³/mol. The molecular formula is C20H21ClN4O2S. The normalized spacial score (nSPS) is 12.0. The molecule has 0 saturated carbocycles. The highest BCUT2D eigenvalue weighted by Crippen LogP contribution is 2.29. The molecule has 2 aromatic heterocycles. The fraction of sp³-hybridized carbons (Fsp3) is 0.250. The van der Waals surface area contributed by atoms with Crippen molar-refractivity contribution >= 4 is 29.3 Å². The smallest absolute Gasteiger partial charge is 0.233 e. The Morgan fingerprint density at radius 1 is 1.39 bits per heavy atom. The topological polar surface area (TPSA) is 73.0 Å². The molecule has 8 heteroatoms. The number of aromatic nitrogens is 3. The maximum absolute atomic E-state index is 12.5. The first kappa shape index (κ1) is 20.2. The maximum Gasteiger partial charge on any atom is 0.233 e. The molecule has 28 heavy (non-hydrogen) atoms. The van der Waals surface area contributed by atoms with Crippen molar-refractivity contribution in [1.29, 1.82) is 0 Å². The van der Waals surface area contributed by atoms with E-state index in [0.29, 0.717) is 29.1 Å². The van der Waals surface area contributed by atoms with Crippen LogP contribution in [-0.2, 0) is 17.9 Å². The van der Waals surface area contributed by atoms with Gasteiger partial charge in [-0.1, -0.05) is 47.6 Å². The number of nitrogens with zero attached hydrogens (tertiary/aromatic N) is 3. The van der Waals surface area contributed by atoms with Crippen LogP contribution in [0, 0.1) is 6.92 Å². The number of amides is 1. The molecule has 146 valence electrons. The van der Waals surface area contributed by atoms with Gasteiger partial charge in [-0.15, -0.1) is 16.8 Å². The number of allylic oxidation sites excluding steroid dienone is 1. The van der Waals surface area contributed by atoms with E-state index in [1.807, 2.05) is 42.7 Å². The molecule has 1 N–H and O–H groups in total. The minimum atomic E-state index is -0.353. The van der Waals surface area contributed by atoms with Crippen LogP contribution in [0.15, 0.2) is 58.8 Å². The number of furan rings is 1. The highest BCUT2D eigenvalue weighted by Gasteiger charge is 2.21. The van der Waals surface area contributed by atoms with Crippen molar-refractivity contribution in [2.24, 2.45) is 0 Å². The second kappa shape index (κ2) is 9.12. The van der Waals surface area contributed by atoms with Crippen molar-refractivity contribution in [1.82, 2.24) is 20.1 Å². The van der Waals surface area contributed by atoms with Crippen molar-refractivity contribution in [2.75, 3.05) is 0 Å². The van der Waals surface area contributed by atoms with E-state index in [0.717, 1.165) is 16.9 Å². The van der Waals surface area contributed by atoms with Crippen LogP contribution < -0.4 is 5.32 Å². The maximum atomic E-state index is 12.5. The van der Waals surface area contributed by atoms with E-state index >= 15 is 0 Å². The Morgan fingerprint density at radius 3 is 2.86 bits per heavy atom. The molecule has 0 aliphatic carbocycles. The monoisotopic (exact) mass is 416 g/mol. The fourth-order valence-corrected chi connectivity index (χ4v) is 3.75. The van der Waals surface area contributed by atoms with Crippen LogP contribution in [-0.4, -0.2) is 25.9 Å². The molecule has 3 aromatic rings. The quantitative estimate of drug-likeness (QED) is 0.433. The van der Waals surface area contributed by atoms with E-state index in [1.54, 1.807) is 18.4 Å². The third-order valence-corrected chi connectivity index (χ3v) is 5.64. The van der Waals surface area contributed by atoms with Gasteiger partial charge in [-0.3, -0.25) is 9.36 Å². The van der Waals surface area contributed by atoms with Crippen molar-refractivity contribution in [3.05, 3.63) is 65.6 Å². The molecule has 0 fully saturated rings. The molecule has 0 aliphatic heterocycles. The lowest BCUT2D eigenvalue weighted by molar-refractivity contribution is -0.120. The first-order valence-corrected chi connectivity index (χ1v) is 10.0. The van der Waals surface area contributed by atoms with E-state index in [1.165, 1.54) is 11.8 Å². The molecule has 0 saturated heterocycles. The summed E-state index contributed by atoms with van der Waals surface area (Å²) in [6, 6.07) is 9.30. The lowest BCUT2D eigenvalue weighted by Gasteiger charge is -2.13. The van der Waals surface area contributed by atoms with Gasteiger partial charge in [-0.25, -0.2) is 0 Å². The molecule has 0 radical (unpaired) electrons. The number of halogens is 1. The number of thioether (sulfide) groups is 1. The van der Waals surface area contributed by atoms with E-state index in [4.69, 9.17) is 16.0 Å². The number of hydrogen-bond acceptors (Lipinski definition) is 5. The number of hydrogen-bond donors (Lipinski definition) is 1. The zero-order valence-corrected chi connectivity index (χ0v) is 17.3. The lowest BCUT2D eigenvalue weighted by Crippen LogP contribution is -2.30. The van der Waals surface area contributed by atoms with Gasteiger partial charge in [0.15, 0.2) is 11.0 Å². The van der Waals surface area contributed by atoms with Gasteiger partial charge in [-0.2, -0.15) is 0 Å². The summed E-state index contributed by atoms with van der Waals surface area (Å²) in [6.07, 6.45) is 3.39. The third kappa shape index (κ3) is 4.48. The van der Waals surface area contributed by atoms with Crippen LogP contribution in [0.2, 0.25) is 5.02 Å². The largest absolute Gasteiger partial charge is 0.469 e. The third-order valence-electron chi connectivity index (χ3n) is 4.19. The summed E-state index contributed by atoms with van der Waals surface area (Å²) in [4.78, 5) is 12.5. The first-order valence-electron chi connectivity index (χ1n) is 8.77. The van der Waals surface area contributed by atoms with E-state index in [9.17, 15) is 4.79 Å². The standard InChI is InChI=1S/C20H21ClN4O2S/c1-4-10-25-18(16-9-11-27-13(16)2)23-24-20(25)28-14(3)19(26)22-12-15-7-5-6-8-17(15)21/h4-9,11,14H,1,10,12H2,2-3H3,(H,22,26)/t14-/m1/s1. The zero-order chi connectivity index (χ0) is 20.1. The Balaban J connectivity index is 1.71. The Morgan fingerprint density at radius 2 is 2.18 bits per heavy atom. The molecule has 1 amide bonds. The number of nitrogens with one attached hydrogen (secondary N) is 1. The summed E-state index contributed by atoms with van der Waals surface area (Å²) in [7, 11) is 0. The Hall–Kier alpha value is -2.51. The molecule has 3 rings (SSSR count). The van der Waals surface area contributed by atoms with Gasteiger partial charge in [-0.05, 0) is 31.5 Å². The lowest BCUT2D eigenvalue weighted by atomic mass is 10.2. The minimum absolute atomic E-state index is 0.0980. The Kier molecular flexibility index (Phi) is 6.59. The van der Waals surface area contributed by atoms with E-state index in [2.05, 4.69) is 22.1 Å². The number of carbonyl (C=O) groups is 1. The van der Waals surface area contributed by atoms with Crippen molar-refractivity contribution in [3.8, 4) is 11.4 Å². The summed E-state index contributed by atoms with van der Waals surface area (Å²) in [5.74, 6) is 1.36. The van der Waals surface area contributed by atoms with Gasteiger partial charge in [0, 0.05) is 18.1 Å². The summed E-state index contributed by atoms with van der Waals surface area (Å²) in [6.45, 7) is 8.42. The average Bonchev–Trinajstić information content (AvgIpc) is 3.27. The number of carbonyl (C=O) groups excluding carboxylic acids is 1. The highest BCUT2D eigenvalue weighted by molar-refractivity contribution is 8.00. The van der Waals surface area contributed by atoms with Crippen LogP contribution in [0.25, 0.3) is 11.4 Å². The first-order chi connectivity index (χ1) is 13.5. The van der Waals surface area contributed by atoms with Gasteiger partial charge in [0.1, 0.15) is 5.76 Å². The zero-order valence-electron chi connectivity index (χ0n) is 15.7. The predicted octanol–water partition coefficient (Wildman–Crippen LogP) is 4.48. The minimum Gasteiger partial charge on any atom is -0.469 e. The summed E-state index contributed by atoms with van der Waals surface area (Å²) in [5, 5.41) is 12.4. The van der Waals surface area contributed by atoms with Crippen LogP contribution in [0.3, 0.4) is 0 Å². The van der Waals surface area contributed by atoms with Crippen LogP contribution >= 0.6 is 23.4 Å². The number of rotatable bonds is 8. The van der Waals surface area contributed by atoms with Gasteiger partial charge < -0.3 is 9.73 Å². The second-order valence-corrected chi connectivity index (χ2v) is 7.88.